The Labute approximate surface area is 114 Å². The molecule has 0 spiro atoms. The second kappa shape index (κ2) is 5.52. The first kappa shape index (κ1) is 13.1. The highest BCUT2D eigenvalue weighted by Crippen LogP contribution is 2.17. The number of nitrogens with one attached hydrogen (secondary N) is 1. The van der Waals surface area contributed by atoms with Gasteiger partial charge < -0.3 is 5.32 Å². The number of rotatable bonds is 4. The molecule has 0 bridgehead atoms. The number of aromatic nitrogens is 2. The lowest BCUT2D eigenvalue weighted by molar-refractivity contribution is 0.534. The average molecular weight is 312 g/mol. The summed E-state index contributed by atoms with van der Waals surface area (Å²) < 4.78 is 15.4. The molecule has 2 rings (SSSR count). The molecule has 1 aromatic heterocycles. The van der Waals surface area contributed by atoms with Crippen molar-refractivity contribution in [3.05, 3.63) is 46.3 Å². The van der Waals surface area contributed by atoms with E-state index in [-0.39, 0.29) is 5.82 Å². The highest BCUT2D eigenvalue weighted by atomic mass is 79.9. The van der Waals surface area contributed by atoms with Crippen molar-refractivity contribution >= 4 is 21.7 Å². The Balaban J connectivity index is 2.00. The third-order valence-corrected chi connectivity index (χ3v) is 3.20. The third-order valence-electron chi connectivity index (χ3n) is 2.60. The molecule has 1 heterocycles. The number of halogens is 2. The molecule has 1 aromatic carbocycles. The Bertz CT molecular complexity index is 537. The van der Waals surface area contributed by atoms with Crippen molar-refractivity contribution in [2.24, 2.45) is 0 Å². The van der Waals surface area contributed by atoms with Gasteiger partial charge in [-0.15, -0.1) is 0 Å². The van der Waals surface area contributed by atoms with Crippen molar-refractivity contribution in [3.63, 3.8) is 0 Å². The SMILES string of the molecule is CC(C)n1ccc(NCc2ccc(F)c(Br)c2)n1. The number of hydrogen-bond donors (Lipinski definition) is 1. The predicted molar refractivity (Wildman–Crippen MR) is 74.0 cm³/mol. The lowest BCUT2D eigenvalue weighted by Gasteiger charge is -2.06. The summed E-state index contributed by atoms with van der Waals surface area (Å²) in [6.07, 6.45) is 1.94. The van der Waals surface area contributed by atoms with E-state index in [9.17, 15) is 4.39 Å². The van der Waals surface area contributed by atoms with Gasteiger partial charge in [-0.05, 0) is 47.5 Å². The number of nitrogens with zero attached hydrogens (tertiary/aromatic N) is 2. The van der Waals surface area contributed by atoms with Crippen LogP contribution in [0.4, 0.5) is 10.2 Å². The molecular formula is C13H15BrFN3. The summed E-state index contributed by atoms with van der Waals surface area (Å²) >= 11 is 3.17. The van der Waals surface area contributed by atoms with Crippen molar-refractivity contribution in [2.45, 2.75) is 26.4 Å². The van der Waals surface area contributed by atoms with Gasteiger partial charge in [-0.25, -0.2) is 4.39 Å². The van der Waals surface area contributed by atoms with Crippen molar-refractivity contribution in [3.8, 4) is 0 Å². The molecule has 0 amide bonds. The summed E-state index contributed by atoms with van der Waals surface area (Å²) in [6, 6.07) is 7.25. The Kier molecular flexibility index (Phi) is 4.01. The van der Waals surface area contributed by atoms with E-state index in [0.717, 1.165) is 11.4 Å². The molecule has 0 unspecified atom stereocenters. The van der Waals surface area contributed by atoms with Crippen LogP contribution in [-0.2, 0) is 6.54 Å². The first-order valence-electron chi connectivity index (χ1n) is 5.79. The van der Waals surface area contributed by atoms with Crippen LogP contribution in [0.15, 0.2) is 34.9 Å². The zero-order chi connectivity index (χ0) is 13.1. The van der Waals surface area contributed by atoms with Crippen molar-refractivity contribution < 1.29 is 4.39 Å². The van der Waals surface area contributed by atoms with Gasteiger partial charge in [0, 0.05) is 24.8 Å². The van der Waals surface area contributed by atoms with Crippen LogP contribution in [-0.4, -0.2) is 9.78 Å². The lowest BCUT2D eigenvalue weighted by Crippen LogP contribution is -2.04. The highest BCUT2D eigenvalue weighted by Gasteiger charge is 2.03. The fraction of sp³-hybridized carbons (Fsp3) is 0.308. The maximum atomic E-state index is 13.1. The van der Waals surface area contributed by atoms with Crippen LogP contribution in [0.5, 0.6) is 0 Å². The first-order chi connectivity index (χ1) is 8.56. The minimum atomic E-state index is -0.247. The monoisotopic (exact) mass is 311 g/mol. The van der Waals surface area contributed by atoms with E-state index in [0.29, 0.717) is 17.1 Å². The standard InChI is InChI=1S/C13H15BrFN3/c1-9(2)18-6-5-13(17-18)16-8-10-3-4-12(15)11(14)7-10/h3-7,9H,8H2,1-2H3,(H,16,17). The minimum absolute atomic E-state index is 0.247. The Hall–Kier alpha value is -1.36. The minimum Gasteiger partial charge on any atom is -0.365 e. The molecule has 0 saturated heterocycles. The second-order valence-corrected chi connectivity index (χ2v) is 5.23. The van der Waals surface area contributed by atoms with E-state index in [4.69, 9.17) is 0 Å². The number of anilines is 1. The molecule has 18 heavy (non-hydrogen) atoms. The fourth-order valence-electron chi connectivity index (χ4n) is 1.56. The van der Waals surface area contributed by atoms with Crippen LogP contribution in [0, 0.1) is 5.82 Å². The first-order valence-corrected chi connectivity index (χ1v) is 6.58. The molecule has 0 saturated carbocycles. The zero-order valence-corrected chi connectivity index (χ0v) is 11.9. The molecular weight excluding hydrogens is 297 g/mol. The van der Waals surface area contributed by atoms with E-state index >= 15 is 0 Å². The van der Waals surface area contributed by atoms with Gasteiger partial charge in [-0.1, -0.05) is 6.07 Å². The van der Waals surface area contributed by atoms with Crippen LogP contribution in [0.3, 0.4) is 0 Å². The van der Waals surface area contributed by atoms with Crippen LogP contribution >= 0.6 is 15.9 Å². The summed E-state index contributed by atoms with van der Waals surface area (Å²) in [5, 5.41) is 7.59. The van der Waals surface area contributed by atoms with Crippen LogP contribution < -0.4 is 5.32 Å². The van der Waals surface area contributed by atoms with Gasteiger partial charge in [-0.3, -0.25) is 4.68 Å². The smallest absolute Gasteiger partial charge is 0.148 e. The number of hydrogen-bond acceptors (Lipinski definition) is 2. The maximum Gasteiger partial charge on any atom is 0.148 e. The summed E-state index contributed by atoms with van der Waals surface area (Å²) in [6.45, 7) is 4.77. The molecule has 0 aliphatic rings. The van der Waals surface area contributed by atoms with Gasteiger partial charge in [0.1, 0.15) is 11.6 Å². The summed E-state index contributed by atoms with van der Waals surface area (Å²) in [5.41, 5.74) is 1.00. The van der Waals surface area contributed by atoms with Gasteiger partial charge in [0.25, 0.3) is 0 Å². The van der Waals surface area contributed by atoms with Crippen molar-refractivity contribution in [1.82, 2.24) is 9.78 Å². The summed E-state index contributed by atoms with van der Waals surface area (Å²) in [7, 11) is 0. The summed E-state index contributed by atoms with van der Waals surface area (Å²) in [4.78, 5) is 0. The third kappa shape index (κ3) is 3.10. The normalized spacial score (nSPS) is 10.9. The predicted octanol–water partition coefficient (Wildman–Crippen LogP) is 3.98. The van der Waals surface area contributed by atoms with Gasteiger partial charge in [0.15, 0.2) is 0 Å². The number of benzene rings is 1. The molecule has 5 heteroatoms. The van der Waals surface area contributed by atoms with Crippen LogP contribution in [0.25, 0.3) is 0 Å². The zero-order valence-electron chi connectivity index (χ0n) is 10.3. The van der Waals surface area contributed by atoms with E-state index < -0.39 is 0 Å². The highest BCUT2D eigenvalue weighted by molar-refractivity contribution is 9.10. The van der Waals surface area contributed by atoms with E-state index in [1.54, 1.807) is 12.1 Å². The average Bonchev–Trinajstić information content (AvgIpc) is 2.79. The van der Waals surface area contributed by atoms with E-state index in [1.165, 1.54) is 6.07 Å². The molecule has 0 radical (unpaired) electrons. The molecule has 1 N–H and O–H groups in total. The van der Waals surface area contributed by atoms with E-state index in [1.807, 2.05) is 16.9 Å². The molecule has 96 valence electrons. The molecule has 0 atom stereocenters. The molecule has 2 aromatic rings. The quantitative estimate of drug-likeness (QED) is 0.925. The molecule has 0 aliphatic carbocycles. The van der Waals surface area contributed by atoms with Gasteiger partial charge in [0.2, 0.25) is 0 Å². The molecule has 3 nitrogen and oxygen atoms in total. The Morgan fingerprint density at radius 3 is 2.78 bits per heavy atom. The largest absolute Gasteiger partial charge is 0.365 e. The fourth-order valence-corrected chi connectivity index (χ4v) is 1.99. The second-order valence-electron chi connectivity index (χ2n) is 4.38. The Morgan fingerprint density at radius 1 is 1.39 bits per heavy atom. The van der Waals surface area contributed by atoms with Gasteiger partial charge in [0.05, 0.1) is 4.47 Å². The summed E-state index contributed by atoms with van der Waals surface area (Å²) in [5.74, 6) is 0.576. The maximum absolute atomic E-state index is 13.1. The Morgan fingerprint density at radius 2 is 2.17 bits per heavy atom. The van der Waals surface area contributed by atoms with E-state index in [2.05, 4.69) is 40.2 Å². The van der Waals surface area contributed by atoms with Crippen LogP contribution in [0.1, 0.15) is 25.5 Å². The molecule has 0 aliphatic heterocycles. The topological polar surface area (TPSA) is 29.9 Å². The van der Waals surface area contributed by atoms with Crippen molar-refractivity contribution in [1.29, 1.82) is 0 Å². The van der Waals surface area contributed by atoms with Gasteiger partial charge in [-0.2, -0.15) is 5.10 Å². The molecule has 0 fully saturated rings. The van der Waals surface area contributed by atoms with Crippen molar-refractivity contribution in [2.75, 3.05) is 5.32 Å². The lowest BCUT2D eigenvalue weighted by atomic mass is 10.2. The van der Waals surface area contributed by atoms with Crippen LogP contribution in [0.2, 0.25) is 0 Å². The van der Waals surface area contributed by atoms with Gasteiger partial charge >= 0.3 is 0 Å².